The fraction of sp³-hybridized carbons (Fsp3) is 0.615. The number of hydrogen-bond acceptors (Lipinski definition) is 7. The molecule has 1 saturated heterocycles. The highest BCUT2D eigenvalue weighted by Gasteiger charge is 2.23. The van der Waals surface area contributed by atoms with Gasteiger partial charge in [0.05, 0.1) is 6.54 Å². The molecular weight excluding hydrogens is 322 g/mol. The average molecular weight is 341 g/mol. The van der Waals surface area contributed by atoms with Gasteiger partial charge >= 0.3 is 0 Å². The molecule has 0 amide bonds. The highest BCUT2D eigenvalue weighted by molar-refractivity contribution is 7.87. The summed E-state index contributed by atoms with van der Waals surface area (Å²) in [5.74, 6) is 1.08. The van der Waals surface area contributed by atoms with Gasteiger partial charge in [-0.2, -0.15) is 22.4 Å². The van der Waals surface area contributed by atoms with E-state index in [1.54, 1.807) is 13.0 Å². The SMILES string of the molecule is Cc1cc(-c2noc(CNS(=O)(=O)N3CCCCCC3)n2)no1. The van der Waals surface area contributed by atoms with Gasteiger partial charge in [0.1, 0.15) is 5.76 Å². The van der Waals surface area contributed by atoms with E-state index in [1.165, 1.54) is 4.31 Å². The summed E-state index contributed by atoms with van der Waals surface area (Å²) in [6.45, 7) is 2.79. The lowest BCUT2D eigenvalue weighted by molar-refractivity contribution is 0.368. The van der Waals surface area contributed by atoms with Gasteiger partial charge < -0.3 is 9.05 Å². The summed E-state index contributed by atoms with van der Waals surface area (Å²) < 4.78 is 38.5. The van der Waals surface area contributed by atoms with E-state index >= 15 is 0 Å². The predicted octanol–water partition coefficient (Wildman–Crippen LogP) is 1.24. The van der Waals surface area contributed by atoms with Gasteiger partial charge in [0, 0.05) is 19.2 Å². The molecule has 0 spiro atoms. The molecule has 1 aliphatic rings. The molecule has 3 heterocycles. The zero-order valence-corrected chi connectivity index (χ0v) is 13.7. The summed E-state index contributed by atoms with van der Waals surface area (Å²) in [5, 5.41) is 7.56. The van der Waals surface area contributed by atoms with E-state index in [1.807, 2.05) is 0 Å². The Morgan fingerprint density at radius 1 is 1.17 bits per heavy atom. The molecule has 0 radical (unpaired) electrons. The van der Waals surface area contributed by atoms with Crippen molar-refractivity contribution in [3.63, 3.8) is 0 Å². The molecule has 2 aromatic rings. The van der Waals surface area contributed by atoms with Crippen molar-refractivity contribution in [2.75, 3.05) is 13.1 Å². The Hall–Kier alpha value is -1.78. The van der Waals surface area contributed by atoms with E-state index in [4.69, 9.17) is 9.05 Å². The molecule has 9 nitrogen and oxygen atoms in total. The second kappa shape index (κ2) is 6.77. The zero-order valence-electron chi connectivity index (χ0n) is 12.9. The van der Waals surface area contributed by atoms with Gasteiger partial charge in [-0.3, -0.25) is 0 Å². The Balaban J connectivity index is 1.62. The summed E-state index contributed by atoms with van der Waals surface area (Å²) >= 11 is 0. The lowest BCUT2D eigenvalue weighted by Gasteiger charge is -2.19. The molecule has 0 aliphatic carbocycles. The van der Waals surface area contributed by atoms with E-state index in [-0.39, 0.29) is 18.3 Å². The Kier molecular flexibility index (Phi) is 4.74. The number of hydrogen-bond donors (Lipinski definition) is 1. The zero-order chi connectivity index (χ0) is 16.3. The van der Waals surface area contributed by atoms with Crippen LogP contribution in [0.4, 0.5) is 0 Å². The molecule has 0 aromatic carbocycles. The van der Waals surface area contributed by atoms with E-state index in [9.17, 15) is 8.42 Å². The monoisotopic (exact) mass is 341 g/mol. The van der Waals surface area contributed by atoms with Gasteiger partial charge in [-0.15, -0.1) is 0 Å². The van der Waals surface area contributed by atoms with Crippen molar-refractivity contribution < 1.29 is 17.5 Å². The third-order valence-corrected chi connectivity index (χ3v) is 5.19. The van der Waals surface area contributed by atoms with Crippen LogP contribution in [0.25, 0.3) is 11.5 Å². The van der Waals surface area contributed by atoms with Crippen molar-refractivity contribution >= 4 is 10.2 Å². The molecule has 10 heteroatoms. The molecular formula is C13H19N5O4S. The largest absolute Gasteiger partial charge is 0.361 e. The van der Waals surface area contributed by atoms with E-state index in [0.717, 1.165) is 25.7 Å². The van der Waals surface area contributed by atoms with Gasteiger partial charge in [-0.25, -0.2) is 0 Å². The van der Waals surface area contributed by atoms with Gasteiger partial charge in [0.15, 0.2) is 5.69 Å². The van der Waals surface area contributed by atoms with Crippen molar-refractivity contribution in [2.24, 2.45) is 0 Å². The minimum atomic E-state index is -3.53. The molecule has 3 rings (SSSR count). The summed E-state index contributed by atoms with van der Waals surface area (Å²) in [4.78, 5) is 4.11. The summed E-state index contributed by atoms with van der Waals surface area (Å²) in [6, 6.07) is 1.68. The maximum atomic E-state index is 12.3. The van der Waals surface area contributed by atoms with E-state index < -0.39 is 10.2 Å². The van der Waals surface area contributed by atoms with Crippen molar-refractivity contribution in [3.05, 3.63) is 17.7 Å². The fourth-order valence-corrected chi connectivity index (χ4v) is 3.66. The Bertz CT molecular complexity index is 746. The number of nitrogens with one attached hydrogen (secondary N) is 1. The van der Waals surface area contributed by atoms with Gasteiger partial charge in [0.2, 0.25) is 11.7 Å². The molecule has 1 fully saturated rings. The quantitative estimate of drug-likeness (QED) is 0.870. The van der Waals surface area contributed by atoms with Crippen LogP contribution in [0.15, 0.2) is 15.1 Å². The molecule has 2 aromatic heterocycles. The predicted molar refractivity (Wildman–Crippen MR) is 80.3 cm³/mol. The third kappa shape index (κ3) is 3.95. The van der Waals surface area contributed by atoms with Gasteiger partial charge in [0.25, 0.3) is 10.2 Å². The Morgan fingerprint density at radius 2 is 1.91 bits per heavy atom. The van der Waals surface area contributed by atoms with E-state index in [0.29, 0.717) is 24.5 Å². The fourth-order valence-electron chi connectivity index (χ4n) is 2.43. The maximum absolute atomic E-state index is 12.3. The highest BCUT2D eigenvalue weighted by Crippen LogP contribution is 2.16. The molecule has 1 N–H and O–H groups in total. The van der Waals surface area contributed by atoms with Crippen LogP contribution >= 0.6 is 0 Å². The normalized spacial score (nSPS) is 17.3. The first-order chi connectivity index (χ1) is 11.0. The Labute approximate surface area is 134 Å². The smallest absolute Gasteiger partial charge is 0.279 e. The van der Waals surface area contributed by atoms with Crippen molar-refractivity contribution in [1.82, 2.24) is 24.3 Å². The minimum Gasteiger partial charge on any atom is -0.361 e. The maximum Gasteiger partial charge on any atom is 0.279 e. The van der Waals surface area contributed by atoms with Crippen LogP contribution in [0.5, 0.6) is 0 Å². The van der Waals surface area contributed by atoms with Gasteiger partial charge in [-0.05, 0) is 19.8 Å². The molecule has 0 bridgehead atoms. The second-order valence-corrected chi connectivity index (χ2v) is 7.23. The highest BCUT2D eigenvalue weighted by atomic mass is 32.2. The molecule has 0 atom stereocenters. The molecule has 0 unspecified atom stereocenters. The van der Waals surface area contributed by atoms with Crippen molar-refractivity contribution in [1.29, 1.82) is 0 Å². The second-order valence-electron chi connectivity index (χ2n) is 5.47. The topological polar surface area (TPSA) is 114 Å². The first-order valence-electron chi connectivity index (χ1n) is 7.55. The lowest BCUT2D eigenvalue weighted by Crippen LogP contribution is -2.40. The van der Waals surface area contributed by atoms with Crippen LogP contribution in [0.2, 0.25) is 0 Å². The summed E-state index contributed by atoms with van der Waals surface area (Å²) in [7, 11) is -3.53. The number of aromatic nitrogens is 3. The molecule has 126 valence electrons. The van der Waals surface area contributed by atoms with E-state index in [2.05, 4.69) is 20.0 Å². The van der Waals surface area contributed by atoms with Gasteiger partial charge in [-0.1, -0.05) is 23.2 Å². The van der Waals surface area contributed by atoms with Crippen LogP contribution in [-0.4, -0.2) is 41.1 Å². The van der Waals surface area contributed by atoms with Crippen molar-refractivity contribution in [3.8, 4) is 11.5 Å². The van der Waals surface area contributed by atoms with Crippen molar-refractivity contribution in [2.45, 2.75) is 39.2 Å². The minimum absolute atomic E-state index is 0.0529. The van der Waals surface area contributed by atoms with Crippen LogP contribution in [0, 0.1) is 6.92 Å². The summed E-state index contributed by atoms with van der Waals surface area (Å²) in [6.07, 6.45) is 3.90. The van der Waals surface area contributed by atoms with Crippen LogP contribution in [0.1, 0.15) is 37.3 Å². The first-order valence-corrected chi connectivity index (χ1v) is 8.99. The third-order valence-electron chi connectivity index (χ3n) is 3.64. The average Bonchev–Trinajstić information content (AvgIpc) is 3.06. The number of rotatable bonds is 5. The standard InChI is InChI=1S/C13H19N5O4S/c1-10-8-11(16-21-10)13-15-12(22-17-13)9-14-23(19,20)18-6-4-2-3-5-7-18/h8,14H,2-7,9H2,1H3. The molecule has 1 aliphatic heterocycles. The molecule has 0 saturated carbocycles. The van der Waals surface area contributed by atoms with Crippen LogP contribution < -0.4 is 4.72 Å². The number of aryl methyl sites for hydroxylation is 1. The molecule has 23 heavy (non-hydrogen) atoms. The van der Waals surface area contributed by atoms with Crippen LogP contribution in [0.3, 0.4) is 0 Å². The van der Waals surface area contributed by atoms with Crippen LogP contribution in [-0.2, 0) is 16.8 Å². The summed E-state index contributed by atoms with van der Waals surface area (Å²) in [5.41, 5.74) is 0.452. The Morgan fingerprint density at radius 3 is 2.57 bits per heavy atom. The lowest BCUT2D eigenvalue weighted by atomic mass is 10.2. The number of nitrogens with zero attached hydrogens (tertiary/aromatic N) is 4. The first kappa shape index (κ1) is 16.1.